The molecule has 1 unspecified atom stereocenters. The summed E-state index contributed by atoms with van der Waals surface area (Å²) in [4.78, 5) is 31.0. The van der Waals surface area contributed by atoms with Crippen LogP contribution < -0.4 is 5.32 Å². The SMILES string of the molecule is CC(O)c1nc2c(F)c(-c3cccc(Cl)c3Cl)c(CCC#N)cc2c2c1cc([C@@H](C)NC(=O)C1(F)CC1)n2[C@H]1[C@@H]2C[C@H]1N(C(=O)O)C2. The summed E-state index contributed by atoms with van der Waals surface area (Å²) in [6, 6.07) is 9.07. The zero-order valence-electron chi connectivity index (χ0n) is 25.5. The first kappa shape index (κ1) is 31.6. The maximum atomic E-state index is 17.0. The van der Waals surface area contributed by atoms with E-state index in [9.17, 15) is 29.5 Å². The van der Waals surface area contributed by atoms with Gasteiger partial charge in [-0.25, -0.2) is 18.6 Å². The van der Waals surface area contributed by atoms with Gasteiger partial charge >= 0.3 is 6.09 Å². The summed E-state index contributed by atoms with van der Waals surface area (Å²) in [5.41, 5.74) is 0.235. The molecule has 2 aliphatic heterocycles. The molecule has 0 spiro atoms. The molecule has 13 heteroatoms. The molecule has 4 fully saturated rings. The third-order valence-electron chi connectivity index (χ3n) is 9.96. The van der Waals surface area contributed by atoms with Gasteiger partial charge in [0.1, 0.15) is 5.52 Å². The van der Waals surface area contributed by atoms with Crippen LogP contribution in [0.25, 0.3) is 32.9 Å². The molecule has 47 heavy (non-hydrogen) atoms. The Morgan fingerprint density at radius 2 is 1.98 bits per heavy atom. The Bertz CT molecular complexity index is 2040. The Balaban J connectivity index is 1.54. The van der Waals surface area contributed by atoms with Crippen molar-refractivity contribution in [1.82, 2.24) is 19.8 Å². The molecule has 2 amide bonds. The number of nitrogens with zero attached hydrogens (tertiary/aromatic N) is 4. The summed E-state index contributed by atoms with van der Waals surface area (Å²) < 4.78 is 33.7. The highest BCUT2D eigenvalue weighted by atomic mass is 35.5. The molecule has 2 saturated carbocycles. The zero-order chi connectivity index (χ0) is 33.5. The van der Waals surface area contributed by atoms with Crippen molar-refractivity contribution in [3.63, 3.8) is 0 Å². The van der Waals surface area contributed by atoms with E-state index >= 15 is 4.39 Å². The third kappa shape index (κ3) is 4.91. The number of nitriles is 1. The van der Waals surface area contributed by atoms with E-state index in [1.807, 2.05) is 4.57 Å². The fourth-order valence-electron chi connectivity index (χ4n) is 7.46. The van der Waals surface area contributed by atoms with Crippen LogP contribution >= 0.6 is 23.2 Å². The first-order valence-electron chi connectivity index (χ1n) is 15.5. The number of hydrogen-bond acceptors (Lipinski definition) is 5. The number of halogens is 4. The number of carbonyl (C=O) groups is 2. The molecule has 8 rings (SSSR count). The highest BCUT2D eigenvalue weighted by Gasteiger charge is 2.56. The van der Waals surface area contributed by atoms with Crippen molar-refractivity contribution in [3.8, 4) is 17.2 Å². The van der Waals surface area contributed by atoms with Crippen molar-refractivity contribution in [2.75, 3.05) is 6.54 Å². The number of alkyl halides is 1. The lowest BCUT2D eigenvalue weighted by molar-refractivity contribution is -0.128. The Hall–Kier alpha value is -3.98. The van der Waals surface area contributed by atoms with Crippen LogP contribution in [0.4, 0.5) is 13.6 Å². The maximum Gasteiger partial charge on any atom is 0.407 e. The number of carboxylic acid groups (broad SMARTS) is 1. The molecular formula is C34H31Cl2F2N5O4. The monoisotopic (exact) mass is 681 g/mol. The van der Waals surface area contributed by atoms with Crippen molar-refractivity contribution in [1.29, 1.82) is 5.26 Å². The molecule has 244 valence electrons. The third-order valence-corrected chi connectivity index (χ3v) is 10.8. The van der Waals surface area contributed by atoms with Gasteiger partial charge in [-0.1, -0.05) is 35.3 Å². The average Bonchev–Trinajstić information content (AvgIpc) is 3.33. The number of rotatable bonds is 8. The minimum absolute atomic E-state index is 0.0507. The molecular weight excluding hydrogens is 651 g/mol. The minimum Gasteiger partial charge on any atom is -0.465 e. The van der Waals surface area contributed by atoms with Crippen LogP contribution in [0.2, 0.25) is 10.0 Å². The van der Waals surface area contributed by atoms with E-state index in [2.05, 4.69) is 16.4 Å². The quantitative estimate of drug-likeness (QED) is 0.177. The van der Waals surface area contributed by atoms with Crippen molar-refractivity contribution in [2.24, 2.45) is 5.92 Å². The molecule has 5 atom stereocenters. The molecule has 2 aliphatic carbocycles. The standard InChI is InChI=1S/C34H31Cl2F2N5O4/c1-15(40-32(45)34(38)8-9-34)23-13-21-28(16(2)44)41-29-20(31(21)43(23)30-18-12-24(30)42(14-18)33(46)47)11-17(5-4-10-39)25(27(29)37)19-6-3-7-22(35)26(19)36/h3,6-7,11,13,15-16,18,24,30,44H,4-5,8-9,12,14H2,1-2H3,(H,40,45)(H,46,47)/t15-,16?,18-,24-,30+/m1/s1. The van der Waals surface area contributed by atoms with Crippen LogP contribution in [0.1, 0.15) is 74.7 Å². The smallest absolute Gasteiger partial charge is 0.407 e. The van der Waals surface area contributed by atoms with E-state index in [-0.39, 0.29) is 70.5 Å². The predicted molar refractivity (Wildman–Crippen MR) is 173 cm³/mol. The molecule has 0 radical (unpaired) electrons. The molecule has 4 heterocycles. The molecule has 2 saturated heterocycles. The van der Waals surface area contributed by atoms with E-state index < -0.39 is 35.6 Å². The van der Waals surface area contributed by atoms with Crippen LogP contribution in [0.15, 0.2) is 30.3 Å². The second kappa shape index (κ2) is 11.3. The Morgan fingerprint density at radius 1 is 1.23 bits per heavy atom. The molecule has 3 N–H and O–H groups in total. The Labute approximate surface area is 278 Å². The lowest BCUT2D eigenvalue weighted by atomic mass is 9.79. The number of benzene rings is 2. The fraction of sp³-hybridized carbons (Fsp3) is 0.412. The summed E-state index contributed by atoms with van der Waals surface area (Å²) in [7, 11) is 0. The van der Waals surface area contributed by atoms with Gasteiger partial charge in [-0.2, -0.15) is 5.26 Å². The van der Waals surface area contributed by atoms with Gasteiger partial charge in [0, 0.05) is 46.5 Å². The highest BCUT2D eigenvalue weighted by molar-refractivity contribution is 6.43. The first-order chi connectivity index (χ1) is 22.4. The Morgan fingerprint density at radius 3 is 2.62 bits per heavy atom. The van der Waals surface area contributed by atoms with Gasteiger partial charge in [-0.3, -0.25) is 4.79 Å². The number of fused-ring (bicyclic) bond motifs is 4. The topological polar surface area (TPSA) is 131 Å². The Kier molecular flexibility index (Phi) is 7.62. The summed E-state index contributed by atoms with van der Waals surface area (Å²) in [6.45, 7) is 3.55. The molecule has 9 nitrogen and oxygen atoms in total. The van der Waals surface area contributed by atoms with Crippen LogP contribution in [0.5, 0.6) is 0 Å². The number of aromatic nitrogens is 2. The summed E-state index contributed by atoms with van der Waals surface area (Å²) in [5.74, 6) is -1.50. The number of carbonyl (C=O) groups excluding carboxylic acids is 1. The molecule has 2 aromatic carbocycles. The van der Waals surface area contributed by atoms with Gasteiger partial charge in [0.2, 0.25) is 0 Å². The van der Waals surface area contributed by atoms with Crippen LogP contribution in [-0.2, 0) is 11.2 Å². The number of amides is 2. The number of aliphatic hydroxyl groups excluding tert-OH is 1. The molecule has 4 aliphatic rings. The fourth-order valence-corrected chi connectivity index (χ4v) is 7.85. The first-order valence-corrected chi connectivity index (χ1v) is 16.3. The number of nitrogens with one attached hydrogen (secondary N) is 1. The zero-order valence-corrected chi connectivity index (χ0v) is 27.0. The highest BCUT2D eigenvalue weighted by Crippen LogP contribution is 2.53. The molecule has 2 bridgehead atoms. The number of hydrogen-bond donors (Lipinski definition) is 3. The second-order valence-corrected chi connectivity index (χ2v) is 13.7. The van der Waals surface area contributed by atoms with Gasteiger partial charge in [0.05, 0.1) is 51.6 Å². The predicted octanol–water partition coefficient (Wildman–Crippen LogP) is 7.41. The van der Waals surface area contributed by atoms with Crippen LogP contribution in [-0.4, -0.2) is 54.9 Å². The minimum atomic E-state index is -1.92. The number of aliphatic hydroxyl groups is 1. The van der Waals surface area contributed by atoms with Crippen molar-refractivity contribution >= 4 is 57.0 Å². The largest absolute Gasteiger partial charge is 0.465 e. The molecule has 2 aromatic heterocycles. The summed E-state index contributed by atoms with van der Waals surface area (Å²) in [6.07, 6.45) is -1.01. The van der Waals surface area contributed by atoms with Crippen LogP contribution in [0, 0.1) is 23.1 Å². The number of pyridine rings is 1. The van der Waals surface area contributed by atoms with Crippen LogP contribution in [0.3, 0.4) is 0 Å². The van der Waals surface area contributed by atoms with Crippen molar-refractivity contribution in [3.05, 3.63) is 63.1 Å². The van der Waals surface area contributed by atoms with Crippen molar-refractivity contribution < 1.29 is 28.6 Å². The van der Waals surface area contributed by atoms with E-state index in [0.29, 0.717) is 46.1 Å². The summed E-state index contributed by atoms with van der Waals surface area (Å²) >= 11 is 12.9. The normalized spacial score (nSPS) is 22.2. The number of aryl methyl sites for hydroxylation is 1. The lowest BCUT2D eigenvalue weighted by Crippen LogP contribution is -2.43. The van der Waals surface area contributed by atoms with Gasteiger partial charge < -0.3 is 25.0 Å². The molecule has 4 aromatic rings. The summed E-state index contributed by atoms with van der Waals surface area (Å²) in [5, 5.41) is 34.4. The average molecular weight is 683 g/mol. The van der Waals surface area contributed by atoms with Gasteiger partial charge in [-0.15, -0.1) is 0 Å². The lowest BCUT2D eigenvalue weighted by Gasteiger charge is -2.39. The van der Waals surface area contributed by atoms with Crippen molar-refractivity contribution in [2.45, 2.75) is 75.8 Å². The van der Waals surface area contributed by atoms with E-state index in [4.69, 9.17) is 23.2 Å². The van der Waals surface area contributed by atoms with E-state index in [1.165, 1.54) is 11.8 Å². The van der Waals surface area contributed by atoms with E-state index in [1.54, 1.807) is 37.3 Å². The van der Waals surface area contributed by atoms with Gasteiger partial charge in [0.25, 0.3) is 5.91 Å². The van der Waals surface area contributed by atoms with E-state index in [0.717, 1.165) is 0 Å². The van der Waals surface area contributed by atoms with Gasteiger partial charge in [-0.05, 0) is 63.3 Å². The maximum absolute atomic E-state index is 17.0. The second-order valence-electron chi connectivity index (χ2n) is 12.9. The van der Waals surface area contributed by atoms with Gasteiger partial charge in [0.15, 0.2) is 11.5 Å².